The first-order valence-corrected chi connectivity index (χ1v) is 5.87. The highest BCUT2D eigenvalue weighted by Gasteiger charge is 2.28. The lowest BCUT2D eigenvalue weighted by Gasteiger charge is -2.00. The van der Waals surface area contributed by atoms with Crippen molar-refractivity contribution in [1.29, 1.82) is 0 Å². The van der Waals surface area contributed by atoms with Crippen molar-refractivity contribution in [2.75, 3.05) is 5.73 Å². The molecule has 1 saturated carbocycles. The molecule has 4 heteroatoms. The molecule has 0 bridgehead atoms. The number of nitrogens with two attached hydrogens (primary N) is 1. The molecule has 2 N–H and O–H groups in total. The quantitative estimate of drug-likeness (QED) is 0.806. The van der Waals surface area contributed by atoms with Crippen LogP contribution in [0.15, 0.2) is 16.6 Å². The van der Waals surface area contributed by atoms with E-state index in [0.29, 0.717) is 5.92 Å². The summed E-state index contributed by atoms with van der Waals surface area (Å²) in [7, 11) is 2.06. The number of anilines is 1. The van der Waals surface area contributed by atoms with Gasteiger partial charge in [0, 0.05) is 23.1 Å². The van der Waals surface area contributed by atoms with Crippen LogP contribution < -0.4 is 5.73 Å². The second-order valence-electron chi connectivity index (χ2n) is 4.17. The van der Waals surface area contributed by atoms with Crippen LogP contribution >= 0.6 is 15.9 Å². The summed E-state index contributed by atoms with van der Waals surface area (Å²) in [5, 5.41) is 0. The highest BCUT2D eigenvalue weighted by Crippen LogP contribution is 2.41. The van der Waals surface area contributed by atoms with Gasteiger partial charge in [-0.25, -0.2) is 4.98 Å². The van der Waals surface area contributed by atoms with E-state index in [4.69, 9.17) is 5.73 Å². The Balaban J connectivity index is 2.34. The molecule has 3 rings (SSSR count). The van der Waals surface area contributed by atoms with E-state index in [9.17, 15) is 0 Å². The Labute approximate surface area is 96.4 Å². The third-order valence-electron chi connectivity index (χ3n) is 2.94. The second kappa shape index (κ2) is 2.98. The SMILES string of the molecule is Cn1c(C2CC2)nc2c(Br)cc(N)cc21. The number of nitrogen functional groups attached to an aromatic ring is 1. The molecule has 0 spiro atoms. The molecule has 0 unspecified atom stereocenters. The lowest BCUT2D eigenvalue weighted by Crippen LogP contribution is -1.95. The van der Waals surface area contributed by atoms with E-state index in [0.717, 1.165) is 21.2 Å². The minimum absolute atomic E-state index is 0.663. The maximum absolute atomic E-state index is 5.82. The van der Waals surface area contributed by atoms with Gasteiger partial charge in [0.1, 0.15) is 11.3 Å². The number of rotatable bonds is 1. The van der Waals surface area contributed by atoms with Gasteiger partial charge in [0.2, 0.25) is 0 Å². The molecule has 0 radical (unpaired) electrons. The summed E-state index contributed by atoms with van der Waals surface area (Å²) in [5.41, 5.74) is 8.74. The molecule has 1 heterocycles. The van der Waals surface area contributed by atoms with Gasteiger partial charge in [-0.2, -0.15) is 0 Å². The highest BCUT2D eigenvalue weighted by atomic mass is 79.9. The Morgan fingerprint density at radius 1 is 1.47 bits per heavy atom. The van der Waals surface area contributed by atoms with Crippen molar-refractivity contribution in [2.24, 2.45) is 7.05 Å². The molecule has 0 atom stereocenters. The lowest BCUT2D eigenvalue weighted by atomic mass is 10.3. The van der Waals surface area contributed by atoms with Crippen LogP contribution in [0, 0.1) is 0 Å². The van der Waals surface area contributed by atoms with E-state index in [2.05, 4.69) is 32.5 Å². The van der Waals surface area contributed by atoms with E-state index in [1.165, 1.54) is 18.7 Å². The maximum Gasteiger partial charge on any atom is 0.112 e. The first-order chi connectivity index (χ1) is 7.16. The van der Waals surface area contributed by atoms with Crippen LogP contribution in [0.5, 0.6) is 0 Å². The average molecular weight is 266 g/mol. The summed E-state index contributed by atoms with van der Waals surface area (Å²) in [5.74, 6) is 1.85. The first-order valence-electron chi connectivity index (χ1n) is 5.08. The summed E-state index contributed by atoms with van der Waals surface area (Å²) in [6.45, 7) is 0. The molecular weight excluding hydrogens is 254 g/mol. The highest BCUT2D eigenvalue weighted by molar-refractivity contribution is 9.10. The van der Waals surface area contributed by atoms with Gasteiger partial charge in [-0.05, 0) is 40.9 Å². The smallest absolute Gasteiger partial charge is 0.112 e. The van der Waals surface area contributed by atoms with E-state index >= 15 is 0 Å². The number of hydrogen-bond donors (Lipinski definition) is 1. The van der Waals surface area contributed by atoms with Crippen LogP contribution in [0.25, 0.3) is 11.0 Å². The van der Waals surface area contributed by atoms with Gasteiger partial charge in [0.05, 0.1) is 5.52 Å². The minimum Gasteiger partial charge on any atom is -0.399 e. The molecule has 1 aliphatic rings. The number of halogens is 1. The monoisotopic (exact) mass is 265 g/mol. The molecular formula is C11H12BrN3. The molecule has 1 aromatic carbocycles. The van der Waals surface area contributed by atoms with Crippen molar-refractivity contribution in [2.45, 2.75) is 18.8 Å². The van der Waals surface area contributed by atoms with E-state index < -0.39 is 0 Å². The number of benzene rings is 1. The van der Waals surface area contributed by atoms with Crippen LogP contribution in [0.4, 0.5) is 5.69 Å². The molecule has 3 nitrogen and oxygen atoms in total. The van der Waals surface area contributed by atoms with E-state index in [-0.39, 0.29) is 0 Å². The average Bonchev–Trinajstić information content (AvgIpc) is 2.94. The van der Waals surface area contributed by atoms with E-state index in [1.807, 2.05) is 12.1 Å². The van der Waals surface area contributed by atoms with Crippen molar-refractivity contribution >= 4 is 32.7 Å². The van der Waals surface area contributed by atoms with Crippen molar-refractivity contribution in [3.63, 3.8) is 0 Å². The topological polar surface area (TPSA) is 43.8 Å². The Morgan fingerprint density at radius 2 is 2.20 bits per heavy atom. The molecule has 0 aliphatic heterocycles. The lowest BCUT2D eigenvalue weighted by molar-refractivity contribution is 0.820. The molecule has 78 valence electrons. The number of nitrogens with zero attached hydrogens (tertiary/aromatic N) is 2. The van der Waals surface area contributed by atoms with Gasteiger partial charge in [-0.3, -0.25) is 0 Å². The summed E-state index contributed by atoms with van der Waals surface area (Å²) >= 11 is 3.51. The number of hydrogen-bond acceptors (Lipinski definition) is 2. The van der Waals surface area contributed by atoms with Crippen LogP contribution in [0.1, 0.15) is 24.6 Å². The van der Waals surface area contributed by atoms with Crippen molar-refractivity contribution in [3.8, 4) is 0 Å². The van der Waals surface area contributed by atoms with Crippen molar-refractivity contribution in [1.82, 2.24) is 9.55 Å². The van der Waals surface area contributed by atoms with Gasteiger partial charge < -0.3 is 10.3 Å². The summed E-state index contributed by atoms with van der Waals surface area (Å²) < 4.78 is 3.15. The van der Waals surface area contributed by atoms with Crippen LogP contribution in [-0.4, -0.2) is 9.55 Å². The largest absolute Gasteiger partial charge is 0.399 e. The van der Waals surface area contributed by atoms with Gasteiger partial charge in [0.25, 0.3) is 0 Å². The first kappa shape index (κ1) is 9.21. The summed E-state index contributed by atoms with van der Waals surface area (Å²) in [4.78, 5) is 4.68. The fourth-order valence-corrected chi connectivity index (χ4v) is 2.55. The van der Waals surface area contributed by atoms with Crippen molar-refractivity contribution in [3.05, 3.63) is 22.4 Å². The standard InChI is InChI=1S/C11H12BrN3/c1-15-9-5-7(13)4-8(12)10(9)14-11(15)6-2-3-6/h4-6H,2-3,13H2,1H3. The Morgan fingerprint density at radius 3 is 2.87 bits per heavy atom. The molecule has 1 aromatic heterocycles. The Kier molecular flexibility index (Phi) is 1.83. The molecule has 1 fully saturated rings. The van der Waals surface area contributed by atoms with Crippen LogP contribution in [-0.2, 0) is 7.05 Å². The zero-order valence-electron chi connectivity index (χ0n) is 8.50. The zero-order chi connectivity index (χ0) is 10.6. The fourth-order valence-electron chi connectivity index (χ4n) is 1.99. The Bertz CT molecular complexity index is 540. The number of fused-ring (bicyclic) bond motifs is 1. The van der Waals surface area contributed by atoms with Gasteiger partial charge >= 0.3 is 0 Å². The zero-order valence-corrected chi connectivity index (χ0v) is 10.1. The molecule has 2 aromatic rings. The number of imidazole rings is 1. The minimum atomic E-state index is 0.663. The third-order valence-corrected chi connectivity index (χ3v) is 3.54. The van der Waals surface area contributed by atoms with Crippen molar-refractivity contribution < 1.29 is 0 Å². The van der Waals surface area contributed by atoms with Gasteiger partial charge in [-0.1, -0.05) is 0 Å². The second-order valence-corrected chi connectivity index (χ2v) is 5.03. The predicted octanol–water partition coefficient (Wildman–Crippen LogP) is 2.80. The maximum atomic E-state index is 5.82. The molecule has 0 saturated heterocycles. The number of aryl methyl sites for hydroxylation is 1. The third kappa shape index (κ3) is 1.35. The van der Waals surface area contributed by atoms with Gasteiger partial charge in [-0.15, -0.1) is 0 Å². The van der Waals surface area contributed by atoms with Crippen LogP contribution in [0.3, 0.4) is 0 Å². The Hall–Kier alpha value is -1.03. The fraction of sp³-hybridized carbons (Fsp3) is 0.364. The number of aromatic nitrogens is 2. The molecule has 0 amide bonds. The predicted molar refractivity (Wildman–Crippen MR) is 64.8 cm³/mol. The summed E-state index contributed by atoms with van der Waals surface area (Å²) in [6.07, 6.45) is 2.54. The molecule has 1 aliphatic carbocycles. The van der Waals surface area contributed by atoms with Crippen LogP contribution in [0.2, 0.25) is 0 Å². The molecule has 15 heavy (non-hydrogen) atoms. The van der Waals surface area contributed by atoms with Gasteiger partial charge in [0.15, 0.2) is 0 Å². The van der Waals surface area contributed by atoms with E-state index in [1.54, 1.807) is 0 Å². The normalized spacial score (nSPS) is 16.1. The summed E-state index contributed by atoms with van der Waals surface area (Å²) in [6, 6.07) is 3.89.